The van der Waals surface area contributed by atoms with E-state index in [1.165, 1.54) is 0 Å². The Morgan fingerprint density at radius 1 is 1.40 bits per heavy atom. The second-order valence-corrected chi connectivity index (χ2v) is 5.51. The summed E-state index contributed by atoms with van der Waals surface area (Å²) in [7, 11) is 0. The zero-order valence-electron chi connectivity index (χ0n) is 11.1. The summed E-state index contributed by atoms with van der Waals surface area (Å²) in [4.78, 5) is 17.8. The van der Waals surface area contributed by atoms with Crippen LogP contribution in [0.15, 0.2) is 24.3 Å². The van der Waals surface area contributed by atoms with Crippen molar-refractivity contribution in [2.75, 3.05) is 11.4 Å². The third-order valence-electron chi connectivity index (χ3n) is 3.87. The first-order valence-corrected chi connectivity index (χ1v) is 7.01. The van der Waals surface area contributed by atoms with Gasteiger partial charge in [-0.1, -0.05) is 17.7 Å². The number of benzene rings is 1. The summed E-state index contributed by atoms with van der Waals surface area (Å²) in [6.07, 6.45) is 1.55. The number of halogens is 1. The first-order valence-electron chi connectivity index (χ1n) is 6.63. The summed E-state index contributed by atoms with van der Waals surface area (Å²) in [5.74, 6) is -0.0695. The molecule has 4 nitrogen and oxygen atoms in total. The maximum atomic E-state index is 11.3. The molecule has 3 rings (SSSR count). The lowest BCUT2D eigenvalue weighted by Crippen LogP contribution is -2.36. The predicted octanol–water partition coefficient (Wildman–Crippen LogP) is 3.25. The molecule has 1 fully saturated rings. The van der Waals surface area contributed by atoms with E-state index < -0.39 is 12.0 Å². The molecule has 2 aromatic rings. The number of aromatic nitrogens is 1. The van der Waals surface area contributed by atoms with Gasteiger partial charge in [-0.2, -0.15) is 0 Å². The summed E-state index contributed by atoms with van der Waals surface area (Å²) < 4.78 is 0. The third-order valence-corrected chi connectivity index (χ3v) is 4.28. The van der Waals surface area contributed by atoms with Gasteiger partial charge in [-0.25, -0.2) is 9.78 Å². The van der Waals surface area contributed by atoms with Gasteiger partial charge in [-0.15, -0.1) is 0 Å². The van der Waals surface area contributed by atoms with Crippen LogP contribution in [0.5, 0.6) is 0 Å². The maximum absolute atomic E-state index is 11.3. The second kappa shape index (κ2) is 4.94. The lowest BCUT2D eigenvalue weighted by molar-refractivity contribution is -0.138. The Hall–Kier alpha value is -1.81. The van der Waals surface area contributed by atoms with Gasteiger partial charge in [0, 0.05) is 17.0 Å². The number of nitrogens with zero attached hydrogens (tertiary/aromatic N) is 2. The molecule has 20 heavy (non-hydrogen) atoms. The number of aliphatic carboxylic acids is 1. The molecule has 0 saturated carbocycles. The molecule has 104 valence electrons. The molecule has 1 aliphatic rings. The second-order valence-electron chi connectivity index (χ2n) is 5.10. The highest BCUT2D eigenvalue weighted by molar-refractivity contribution is 6.32. The lowest BCUT2D eigenvalue weighted by Gasteiger charge is -2.23. The van der Waals surface area contributed by atoms with Crippen LogP contribution in [0.1, 0.15) is 18.4 Å². The average molecular weight is 291 g/mol. The zero-order chi connectivity index (χ0) is 14.3. The van der Waals surface area contributed by atoms with Crippen molar-refractivity contribution < 1.29 is 9.90 Å². The fourth-order valence-corrected chi connectivity index (χ4v) is 2.91. The van der Waals surface area contributed by atoms with Crippen LogP contribution in [0.4, 0.5) is 5.82 Å². The van der Waals surface area contributed by atoms with E-state index in [0.717, 1.165) is 29.4 Å². The molecule has 1 aromatic heterocycles. The summed E-state index contributed by atoms with van der Waals surface area (Å²) in [6, 6.07) is 7.17. The van der Waals surface area contributed by atoms with Gasteiger partial charge in [0.1, 0.15) is 11.9 Å². The molecule has 1 saturated heterocycles. The van der Waals surface area contributed by atoms with Crippen LogP contribution >= 0.6 is 11.6 Å². The molecule has 1 aliphatic heterocycles. The van der Waals surface area contributed by atoms with Crippen molar-refractivity contribution in [2.24, 2.45) is 0 Å². The van der Waals surface area contributed by atoms with Gasteiger partial charge in [0.2, 0.25) is 0 Å². The Morgan fingerprint density at radius 2 is 2.15 bits per heavy atom. The monoisotopic (exact) mass is 290 g/mol. The summed E-state index contributed by atoms with van der Waals surface area (Å²) >= 11 is 6.13. The van der Waals surface area contributed by atoms with Gasteiger partial charge < -0.3 is 10.0 Å². The molecule has 0 aliphatic carbocycles. The molecule has 5 heteroatoms. The van der Waals surface area contributed by atoms with E-state index in [1.54, 1.807) is 0 Å². The number of carboxylic acids is 1. The molecular weight excluding hydrogens is 276 g/mol. The molecule has 1 N–H and O–H groups in total. The van der Waals surface area contributed by atoms with Crippen LogP contribution in [-0.4, -0.2) is 28.6 Å². The highest BCUT2D eigenvalue weighted by Crippen LogP contribution is 2.29. The van der Waals surface area contributed by atoms with E-state index >= 15 is 0 Å². The number of anilines is 1. The summed E-state index contributed by atoms with van der Waals surface area (Å²) in [5.41, 5.74) is 1.77. The minimum absolute atomic E-state index is 0.473. The van der Waals surface area contributed by atoms with Crippen molar-refractivity contribution in [1.82, 2.24) is 4.98 Å². The van der Waals surface area contributed by atoms with Crippen molar-refractivity contribution in [3.63, 3.8) is 0 Å². The highest BCUT2D eigenvalue weighted by atomic mass is 35.5. The number of carboxylic acid groups (broad SMARTS) is 1. The number of aryl methyl sites for hydroxylation is 1. The summed E-state index contributed by atoms with van der Waals surface area (Å²) in [6.45, 7) is 2.66. The Labute approximate surface area is 122 Å². The van der Waals surface area contributed by atoms with Gasteiger partial charge in [-0.05, 0) is 43.5 Å². The van der Waals surface area contributed by atoms with Gasteiger partial charge in [0.15, 0.2) is 0 Å². The van der Waals surface area contributed by atoms with E-state index in [2.05, 4.69) is 4.98 Å². The standard InChI is InChI=1S/C15H15ClN2O2/c1-9-11(16)6-4-10-5-7-13(17-14(9)10)18-8-2-3-12(18)15(19)20/h4-7,12H,2-3,8H2,1H3,(H,19,20)/t12-/m1/s1. The SMILES string of the molecule is Cc1c(Cl)ccc2ccc(N3CCC[C@@H]3C(=O)O)nc12. The molecule has 0 spiro atoms. The van der Waals surface area contributed by atoms with Gasteiger partial charge >= 0.3 is 5.97 Å². The van der Waals surface area contributed by atoms with Crippen LogP contribution < -0.4 is 4.90 Å². The maximum Gasteiger partial charge on any atom is 0.326 e. The van der Waals surface area contributed by atoms with Crippen LogP contribution in [0.3, 0.4) is 0 Å². The molecule has 1 atom stereocenters. The first-order chi connectivity index (χ1) is 9.58. The molecule has 0 radical (unpaired) electrons. The van der Waals surface area contributed by atoms with Crippen LogP contribution in [0.2, 0.25) is 5.02 Å². The molecule has 1 aromatic carbocycles. The third kappa shape index (κ3) is 2.10. The van der Waals surface area contributed by atoms with E-state index in [1.807, 2.05) is 36.1 Å². The summed E-state index contributed by atoms with van der Waals surface area (Å²) in [5, 5.41) is 11.0. The largest absolute Gasteiger partial charge is 0.480 e. The van der Waals surface area contributed by atoms with Crippen LogP contribution in [-0.2, 0) is 4.79 Å². The van der Waals surface area contributed by atoms with Crippen LogP contribution in [0, 0.1) is 6.92 Å². The van der Waals surface area contributed by atoms with Gasteiger partial charge in [0.05, 0.1) is 5.52 Å². The van der Waals surface area contributed by atoms with Crippen molar-refractivity contribution in [3.8, 4) is 0 Å². The fraction of sp³-hybridized carbons (Fsp3) is 0.333. The first kappa shape index (κ1) is 13.2. The molecule has 2 heterocycles. The zero-order valence-corrected chi connectivity index (χ0v) is 11.9. The van der Waals surface area contributed by atoms with Crippen molar-refractivity contribution >= 4 is 34.3 Å². The molecule has 0 unspecified atom stereocenters. The number of pyridine rings is 1. The average Bonchev–Trinajstić information content (AvgIpc) is 2.92. The van der Waals surface area contributed by atoms with Crippen molar-refractivity contribution in [1.29, 1.82) is 0 Å². The van der Waals surface area contributed by atoms with E-state index in [-0.39, 0.29) is 0 Å². The Bertz CT molecular complexity index is 687. The highest BCUT2D eigenvalue weighted by Gasteiger charge is 2.31. The lowest BCUT2D eigenvalue weighted by atomic mass is 10.1. The number of hydrogen-bond donors (Lipinski definition) is 1. The quantitative estimate of drug-likeness (QED) is 0.922. The predicted molar refractivity (Wildman–Crippen MR) is 79.5 cm³/mol. The van der Waals surface area contributed by atoms with Crippen LogP contribution in [0.25, 0.3) is 10.9 Å². The number of fused-ring (bicyclic) bond motifs is 1. The number of rotatable bonds is 2. The Kier molecular flexibility index (Phi) is 3.26. The van der Waals surface area contributed by atoms with Gasteiger partial charge in [0.25, 0.3) is 0 Å². The Balaban J connectivity index is 2.08. The van der Waals surface area contributed by atoms with Crippen molar-refractivity contribution in [2.45, 2.75) is 25.8 Å². The number of carbonyl (C=O) groups is 1. The van der Waals surface area contributed by atoms with E-state index in [0.29, 0.717) is 17.3 Å². The Morgan fingerprint density at radius 3 is 2.90 bits per heavy atom. The van der Waals surface area contributed by atoms with Gasteiger partial charge in [-0.3, -0.25) is 0 Å². The minimum Gasteiger partial charge on any atom is -0.480 e. The van der Waals surface area contributed by atoms with E-state index in [9.17, 15) is 9.90 Å². The topological polar surface area (TPSA) is 53.4 Å². The minimum atomic E-state index is -0.785. The fourth-order valence-electron chi connectivity index (χ4n) is 2.75. The van der Waals surface area contributed by atoms with E-state index in [4.69, 9.17) is 11.6 Å². The smallest absolute Gasteiger partial charge is 0.326 e. The molecule has 0 amide bonds. The molecular formula is C15H15ClN2O2. The normalized spacial score (nSPS) is 18.7. The van der Waals surface area contributed by atoms with Crippen molar-refractivity contribution in [3.05, 3.63) is 34.9 Å². The molecule has 0 bridgehead atoms. The number of hydrogen-bond acceptors (Lipinski definition) is 3.